The molecule has 1 atom stereocenters. The number of para-hydroxylation sites is 1. The lowest BCUT2D eigenvalue weighted by atomic mass is 10.2. The van der Waals surface area contributed by atoms with Gasteiger partial charge < -0.3 is 5.11 Å². The quantitative estimate of drug-likeness (QED) is 0.865. The molecule has 0 aliphatic carbocycles. The first-order valence-electron chi connectivity index (χ1n) is 6.51. The van der Waals surface area contributed by atoms with Gasteiger partial charge in [0.15, 0.2) is 0 Å². The fraction of sp³-hybridized carbons (Fsp3) is 0.357. The molecule has 1 heterocycles. The first-order valence-corrected chi connectivity index (χ1v) is 6.51. The van der Waals surface area contributed by atoms with Crippen LogP contribution in [0.3, 0.4) is 0 Å². The normalized spacial score (nSPS) is 12.6. The third-order valence-corrected chi connectivity index (χ3v) is 3.14. The van der Waals surface area contributed by atoms with Gasteiger partial charge in [0.05, 0.1) is 17.6 Å². The summed E-state index contributed by atoms with van der Waals surface area (Å²) in [6.07, 6.45) is 2.22. The van der Waals surface area contributed by atoms with E-state index in [-0.39, 0.29) is 0 Å². The van der Waals surface area contributed by atoms with Crippen LogP contribution in [-0.2, 0) is 11.3 Å². The molecular formula is C14H18N4O2. The van der Waals surface area contributed by atoms with Crippen molar-refractivity contribution in [3.63, 3.8) is 0 Å². The summed E-state index contributed by atoms with van der Waals surface area (Å²) in [7, 11) is 1.78. The Kier molecular flexibility index (Phi) is 4.47. The molecule has 2 rings (SSSR count). The maximum Gasteiger partial charge on any atom is 0.320 e. The first kappa shape index (κ1) is 14.2. The zero-order valence-electron chi connectivity index (χ0n) is 11.6. The second-order valence-corrected chi connectivity index (χ2v) is 4.64. The molecule has 0 spiro atoms. The molecule has 20 heavy (non-hydrogen) atoms. The molecule has 106 valence electrons. The minimum atomic E-state index is -0.814. The highest BCUT2D eigenvalue weighted by Gasteiger charge is 2.21. The van der Waals surface area contributed by atoms with Crippen molar-refractivity contribution in [2.45, 2.75) is 25.9 Å². The molecule has 0 saturated heterocycles. The van der Waals surface area contributed by atoms with Gasteiger partial charge >= 0.3 is 5.97 Å². The predicted octanol–water partition coefficient (Wildman–Crippen LogP) is 1.56. The van der Waals surface area contributed by atoms with Gasteiger partial charge in [-0.1, -0.05) is 25.1 Å². The van der Waals surface area contributed by atoms with Crippen molar-refractivity contribution < 1.29 is 9.90 Å². The van der Waals surface area contributed by atoms with Crippen molar-refractivity contribution in [2.24, 2.45) is 0 Å². The Morgan fingerprint density at radius 1 is 1.40 bits per heavy atom. The molecule has 6 heteroatoms. The summed E-state index contributed by atoms with van der Waals surface area (Å²) in [6.45, 7) is 2.31. The molecule has 0 radical (unpaired) electrons. The van der Waals surface area contributed by atoms with E-state index in [2.05, 4.69) is 10.2 Å². The van der Waals surface area contributed by atoms with Crippen LogP contribution in [0.5, 0.6) is 0 Å². The Balaban J connectivity index is 2.08. The zero-order valence-corrected chi connectivity index (χ0v) is 11.6. The fourth-order valence-electron chi connectivity index (χ4n) is 2.09. The van der Waals surface area contributed by atoms with E-state index >= 15 is 0 Å². The van der Waals surface area contributed by atoms with Gasteiger partial charge in [-0.3, -0.25) is 9.69 Å². The highest BCUT2D eigenvalue weighted by molar-refractivity contribution is 5.73. The van der Waals surface area contributed by atoms with Crippen molar-refractivity contribution in [3.8, 4) is 5.69 Å². The SMILES string of the molecule is CCC(C(=O)O)N(C)Cc1cnn(-c2ccccc2)n1. The Morgan fingerprint density at radius 3 is 2.70 bits per heavy atom. The lowest BCUT2D eigenvalue weighted by Gasteiger charge is -2.21. The van der Waals surface area contributed by atoms with Gasteiger partial charge in [-0.25, -0.2) is 0 Å². The smallest absolute Gasteiger partial charge is 0.320 e. The maximum atomic E-state index is 11.1. The van der Waals surface area contributed by atoms with Crippen molar-refractivity contribution in [1.82, 2.24) is 19.9 Å². The number of carboxylic acids is 1. The Morgan fingerprint density at radius 2 is 2.10 bits per heavy atom. The zero-order chi connectivity index (χ0) is 14.5. The van der Waals surface area contributed by atoms with Gasteiger partial charge in [0, 0.05) is 6.54 Å². The number of aromatic nitrogens is 3. The third kappa shape index (κ3) is 3.21. The summed E-state index contributed by atoms with van der Waals surface area (Å²) in [5.41, 5.74) is 1.63. The van der Waals surface area contributed by atoms with Crippen molar-refractivity contribution in [2.75, 3.05) is 7.05 Å². The van der Waals surface area contributed by atoms with Crippen molar-refractivity contribution in [1.29, 1.82) is 0 Å². The summed E-state index contributed by atoms with van der Waals surface area (Å²) in [4.78, 5) is 14.4. The van der Waals surface area contributed by atoms with Gasteiger partial charge in [0.1, 0.15) is 6.04 Å². The number of hydrogen-bond acceptors (Lipinski definition) is 4. The number of likely N-dealkylation sites (N-methyl/N-ethyl adjacent to an activating group) is 1. The number of carboxylic acid groups (broad SMARTS) is 1. The molecule has 0 saturated carbocycles. The van der Waals surface area contributed by atoms with E-state index in [1.165, 1.54) is 0 Å². The molecule has 1 aromatic carbocycles. The highest BCUT2D eigenvalue weighted by Crippen LogP contribution is 2.09. The summed E-state index contributed by atoms with van der Waals surface area (Å²) in [5.74, 6) is -0.814. The van der Waals surface area contributed by atoms with Crippen LogP contribution >= 0.6 is 0 Å². The van der Waals surface area contributed by atoms with E-state index in [4.69, 9.17) is 5.11 Å². The molecule has 0 aliphatic heterocycles. The average Bonchev–Trinajstić information content (AvgIpc) is 2.88. The fourth-order valence-corrected chi connectivity index (χ4v) is 2.09. The monoisotopic (exact) mass is 274 g/mol. The topological polar surface area (TPSA) is 71.2 Å². The van der Waals surface area contributed by atoms with E-state index in [1.807, 2.05) is 37.3 Å². The van der Waals surface area contributed by atoms with Gasteiger partial charge in [0.2, 0.25) is 0 Å². The standard InChI is InChI=1S/C14H18N4O2/c1-3-13(14(19)20)17(2)10-11-9-15-18(16-11)12-7-5-4-6-8-12/h4-9,13H,3,10H2,1-2H3,(H,19,20). The van der Waals surface area contributed by atoms with Crippen LogP contribution < -0.4 is 0 Å². The van der Waals surface area contributed by atoms with E-state index in [9.17, 15) is 4.79 Å². The molecule has 6 nitrogen and oxygen atoms in total. The van der Waals surface area contributed by atoms with Crippen LogP contribution in [-0.4, -0.2) is 44.1 Å². The van der Waals surface area contributed by atoms with Crippen LogP contribution in [0.2, 0.25) is 0 Å². The van der Waals surface area contributed by atoms with E-state index in [1.54, 1.807) is 22.9 Å². The maximum absolute atomic E-state index is 11.1. The molecule has 0 bridgehead atoms. The van der Waals surface area contributed by atoms with Gasteiger partial charge in [-0.05, 0) is 25.6 Å². The lowest BCUT2D eigenvalue weighted by Crippen LogP contribution is -2.37. The summed E-state index contributed by atoms with van der Waals surface area (Å²) in [6, 6.07) is 9.10. The number of nitrogens with zero attached hydrogens (tertiary/aromatic N) is 4. The van der Waals surface area contributed by atoms with Crippen molar-refractivity contribution in [3.05, 3.63) is 42.2 Å². The molecule has 2 aromatic rings. The van der Waals surface area contributed by atoms with Crippen LogP contribution in [0.1, 0.15) is 19.0 Å². The first-order chi connectivity index (χ1) is 9.61. The van der Waals surface area contributed by atoms with Crippen molar-refractivity contribution >= 4 is 5.97 Å². The second-order valence-electron chi connectivity index (χ2n) is 4.64. The minimum Gasteiger partial charge on any atom is -0.480 e. The molecule has 0 aliphatic rings. The predicted molar refractivity (Wildman–Crippen MR) is 74.5 cm³/mol. The van der Waals surface area contributed by atoms with E-state index in [0.29, 0.717) is 13.0 Å². The third-order valence-electron chi connectivity index (χ3n) is 3.14. The van der Waals surface area contributed by atoms with E-state index in [0.717, 1.165) is 11.4 Å². The summed E-state index contributed by atoms with van der Waals surface area (Å²) >= 11 is 0. The number of aliphatic carboxylic acids is 1. The molecule has 1 aromatic heterocycles. The van der Waals surface area contributed by atoms with Crippen LogP contribution in [0.25, 0.3) is 5.69 Å². The highest BCUT2D eigenvalue weighted by atomic mass is 16.4. The number of benzene rings is 1. The molecular weight excluding hydrogens is 256 g/mol. The molecule has 0 fully saturated rings. The summed E-state index contributed by atoms with van der Waals surface area (Å²) in [5, 5.41) is 17.7. The Bertz CT molecular complexity index is 568. The van der Waals surface area contributed by atoms with Crippen LogP contribution in [0.15, 0.2) is 36.5 Å². The summed E-state index contributed by atoms with van der Waals surface area (Å²) < 4.78 is 0. The largest absolute Gasteiger partial charge is 0.480 e. The van der Waals surface area contributed by atoms with Crippen LogP contribution in [0, 0.1) is 0 Å². The minimum absolute atomic E-state index is 0.456. The Labute approximate surface area is 117 Å². The van der Waals surface area contributed by atoms with Crippen LogP contribution in [0.4, 0.5) is 0 Å². The van der Waals surface area contributed by atoms with Gasteiger partial charge in [-0.15, -0.1) is 0 Å². The average molecular weight is 274 g/mol. The lowest BCUT2D eigenvalue weighted by molar-refractivity contribution is -0.143. The van der Waals surface area contributed by atoms with Gasteiger partial charge in [0.25, 0.3) is 0 Å². The Hall–Kier alpha value is -2.21. The van der Waals surface area contributed by atoms with Gasteiger partial charge in [-0.2, -0.15) is 15.0 Å². The number of hydrogen-bond donors (Lipinski definition) is 1. The molecule has 0 amide bonds. The molecule has 1 unspecified atom stereocenters. The second kappa shape index (κ2) is 6.29. The van der Waals surface area contributed by atoms with E-state index < -0.39 is 12.0 Å². The number of carbonyl (C=O) groups is 1. The molecule has 1 N–H and O–H groups in total. The number of rotatable bonds is 6.